The summed E-state index contributed by atoms with van der Waals surface area (Å²) in [6, 6.07) is 17.6. The van der Waals surface area contributed by atoms with Gasteiger partial charge in [0.1, 0.15) is 5.75 Å². The van der Waals surface area contributed by atoms with Crippen molar-refractivity contribution in [2.75, 3.05) is 7.11 Å². The molecule has 0 spiro atoms. The monoisotopic (exact) mass is 375 g/mol. The lowest BCUT2D eigenvalue weighted by Crippen LogP contribution is -2.36. The van der Waals surface area contributed by atoms with Crippen LogP contribution in [0.5, 0.6) is 5.75 Å². The molecule has 0 radical (unpaired) electrons. The average Bonchev–Trinajstić information content (AvgIpc) is 3.10. The van der Waals surface area contributed by atoms with Crippen LogP contribution in [0.1, 0.15) is 5.56 Å². The molecule has 0 amide bonds. The summed E-state index contributed by atoms with van der Waals surface area (Å²) in [4.78, 5) is 25.4. The zero-order valence-electron chi connectivity index (χ0n) is 16.0. The van der Waals surface area contributed by atoms with Crippen LogP contribution >= 0.6 is 0 Å². The van der Waals surface area contributed by atoms with Crippen molar-refractivity contribution < 1.29 is 4.74 Å². The van der Waals surface area contributed by atoms with E-state index in [2.05, 4.69) is 0 Å². The highest BCUT2D eigenvalue weighted by atomic mass is 16.5. The van der Waals surface area contributed by atoms with Crippen LogP contribution in [0.15, 0.2) is 70.4 Å². The van der Waals surface area contributed by atoms with E-state index in [4.69, 9.17) is 4.74 Å². The molecule has 142 valence electrons. The molecule has 0 fully saturated rings. The van der Waals surface area contributed by atoms with Crippen molar-refractivity contribution in [2.24, 2.45) is 14.1 Å². The first kappa shape index (κ1) is 17.9. The number of aryl methyl sites for hydroxylation is 1. The van der Waals surface area contributed by atoms with Gasteiger partial charge < -0.3 is 9.30 Å². The Labute approximate surface area is 161 Å². The largest absolute Gasteiger partial charge is 0.497 e. The lowest BCUT2D eigenvalue weighted by atomic mass is 10.1. The summed E-state index contributed by atoms with van der Waals surface area (Å²) in [6.45, 7) is 0.591. The van der Waals surface area contributed by atoms with Gasteiger partial charge in [-0.2, -0.15) is 0 Å². The first-order chi connectivity index (χ1) is 13.5. The Morgan fingerprint density at radius 3 is 2.21 bits per heavy atom. The Hall–Kier alpha value is -3.54. The standard InChI is InChI=1S/C22H21N3O3/c1-23-18-14-25(13-15-7-5-4-6-8-15)20(16-9-11-17(28-3)12-10-16)19(18)21(26)24(2)22(23)27/h4-12,14H,13H2,1-3H3. The number of hydrogen-bond acceptors (Lipinski definition) is 3. The van der Waals surface area contributed by atoms with Crippen LogP contribution in [-0.2, 0) is 20.6 Å². The molecule has 2 aromatic carbocycles. The number of aromatic nitrogens is 3. The molecule has 2 aromatic heterocycles. The number of hydrogen-bond donors (Lipinski definition) is 0. The summed E-state index contributed by atoms with van der Waals surface area (Å²) in [6.07, 6.45) is 1.88. The maximum Gasteiger partial charge on any atom is 0.330 e. The van der Waals surface area contributed by atoms with Gasteiger partial charge in [0.05, 0.1) is 23.7 Å². The molecule has 0 unspecified atom stereocenters. The van der Waals surface area contributed by atoms with E-state index in [9.17, 15) is 9.59 Å². The summed E-state index contributed by atoms with van der Waals surface area (Å²) < 4.78 is 9.96. The molecule has 6 nitrogen and oxygen atoms in total. The van der Waals surface area contributed by atoms with Crippen LogP contribution in [0.25, 0.3) is 22.2 Å². The Morgan fingerprint density at radius 2 is 1.57 bits per heavy atom. The minimum atomic E-state index is -0.337. The Bertz CT molecular complexity index is 1260. The van der Waals surface area contributed by atoms with E-state index >= 15 is 0 Å². The molecule has 4 aromatic rings. The molecule has 0 saturated heterocycles. The van der Waals surface area contributed by atoms with Crippen LogP contribution in [0, 0.1) is 0 Å². The highest BCUT2D eigenvalue weighted by Gasteiger charge is 2.19. The topological polar surface area (TPSA) is 58.2 Å². The van der Waals surface area contributed by atoms with Gasteiger partial charge in [-0.05, 0) is 35.4 Å². The van der Waals surface area contributed by atoms with Gasteiger partial charge in [-0.1, -0.05) is 30.3 Å². The fourth-order valence-electron chi connectivity index (χ4n) is 3.55. The first-order valence-electron chi connectivity index (χ1n) is 8.98. The van der Waals surface area contributed by atoms with Gasteiger partial charge in [-0.25, -0.2) is 4.79 Å². The number of nitrogens with zero attached hydrogens (tertiary/aromatic N) is 3. The molecule has 0 bridgehead atoms. The van der Waals surface area contributed by atoms with Crippen molar-refractivity contribution in [1.29, 1.82) is 0 Å². The quantitative estimate of drug-likeness (QED) is 0.551. The number of methoxy groups -OCH3 is 1. The third kappa shape index (κ3) is 2.83. The summed E-state index contributed by atoms with van der Waals surface area (Å²) in [7, 11) is 4.82. The zero-order valence-corrected chi connectivity index (χ0v) is 16.0. The molecular weight excluding hydrogens is 354 g/mol. The molecule has 0 aliphatic heterocycles. The molecule has 4 rings (SSSR count). The molecule has 0 aliphatic carbocycles. The molecule has 0 saturated carbocycles. The van der Waals surface area contributed by atoms with Crippen molar-refractivity contribution in [1.82, 2.24) is 13.7 Å². The van der Waals surface area contributed by atoms with Crippen LogP contribution < -0.4 is 16.0 Å². The van der Waals surface area contributed by atoms with E-state index in [1.54, 1.807) is 14.2 Å². The average molecular weight is 375 g/mol. The van der Waals surface area contributed by atoms with Crippen molar-refractivity contribution in [3.63, 3.8) is 0 Å². The van der Waals surface area contributed by atoms with E-state index in [1.807, 2.05) is 65.4 Å². The number of fused-ring (bicyclic) bond motifs is 1. The first-order valence-corrected chi connectivity index (χ1v) is 8.98. The van der Waals surface area contributed by atoms with Gasteiger partial charge in [0.15, 0.2) is 0 Å². The molecule has 28 heavy (non-hydrogen) atoms. The predicted molar refractivity (Wildman–Crippen MR) is 110 cm³/mol. The van der Waals surface area contributed by atoms with Crippen LogP contribution in [0.3, 0.4) is 0 Å². The SMILES string of the molecule is COc1ccc(-c2c3c(=O)n(C)c(=O)n(C)c3cn2Cc2ccccc2)cc1. The fraction of sp³-hybridized carbons (Fsp3) is 0.182. The highest BCUT2D eigenvalue weighted by molar-refractivity contribution is 5.93. The summed E-state index contributed by atoms with van der Waals surface area (Å²) in [5.74, 6) is 0.745. The highest BCUT2D eigenvalue weighted by Crippen LogP contribution is 2.30. The van der Waals surface area contributed by atoms with Crippen molar-refractivity contribution in [3.05, 3.63) is 87.2 Å². The van der Waals surface area contributed by atoms with Crippen molar-refractivity contribution in [3.8, 4) is 17.0 Å². The Morgan fingerprint density at radius 1 is 0.893 bits per heavy atom. The lowest BCUT2D eigenvalue weighted by molar-refractivity contribution is 0.415. The van der Waals surface area contributed by atoms with E-state index in [0.717, 1.165) is 27.1 Å². The molecular formula is C22H21N3O3. The minimum Gasteiger partial charge on any atom is -0.497 e. The summed E-state index contributed by atoms with van der Waals surface area (Å²) in [5.41, 5.74) is 2.78. The lowest BCUT2D eigenvalue weighted by Gasteiger charge is -2.11. The fourth-order valence-corrected chi connectivity index (χ4v) is 3.55. The van der Waals surface area contributed by atoms with Crippen molar-refractivity contribution in [2.45, 2.75) is 6.54 Å². The smallest absolute Gasteiger partial charge is 0.330 e. The maximum atomic E-state index is 13.0. The van der Waals surface area contributed by atoms with Crippen LogP contribution in [0.2, 0.25) is 0 Å². The van der Waals surface area contributed by atoms with E-state index in [0.29, 0.717) is 17.4 Å². The van der Waals surface area contributed by atoms with E-state index in [-0.39, 0.29) is 11.2 Å². The van der Waals surface area contributed by atoms with Crippen LogP contribution in [-0.4, -0.2) is 20.8 Å². The number of benzene rings is 2. The molecule has 0 atom stereocenters. The third-order valence-electron chi connectivity index (χ3n) is 5.07. The normalized spacial score (nSPS) is 11.1. The van der Waals surface area contributed by atoms with Gasteiger partial charge in [-0.3, -0.25) is 13.9 Å². The maximum absolute atomic E-state index is 13.0. The predicted octanol–water partition coefficient (Wildman–Crippen LogP) is 2.76. The Kier molecular flexibility index (Phi) is 4.39. The number of ether oxygens (including phenoxy) is 1. The van der Waals surface area contributed by atoms with Gasteiger partial charge in [0.25, 0.3) is 5.56 Å². The summed E-state index contributed by atoms with van der Waals surface area (Å²) >= 11 is 0. The van der Waals surface area contributed by atoms with Gasteiger partial charge in [0, 0.05) is 26.8 Å². The zero-order chi connectivity index (χ0) is 19.8. The second kappa shape index (κ2) is 6.88. The van der Waals surface area contributed by atoms with E-state index in [1.165, 1.54) is 11.6 Å². The van der Waals surface area contributed by atoms with Crippen LogP contribution in [0.4, 0.5) is 0 Å². The third-order valence-corrected chi connectivity index (χ3v) is 5.07. The van der Waals surface area contributed by atoms with E-state index < -0.39 is 0 Å². The molecule has 6 heteroatoms. The van der Waals surface area contributed by atoms with Gasteiger partial charge in [-0.15, -0.1) is 0 Å². The summed E-state index contributed by atoms with van der Waals surface area (Å²) in [5, 5.41) is 0.533. The molecule has 0 N–H and O–H groups in total. The van der Waals surface area contributed by atoms with Gasteiger partial charge >= 0.3 is 5.69 Å². The number of rotatable bonds is 4. The minimum absolute atomic E-state index is 0.296. The van der Waals surface area contributed by atoms with Gasteiger partial charge in [0.2, 0.25) is 0 Å². The molecule has 2 heterocycles. The molecule has 0 aliphatic rings. The second-order valence-corrected chi connectivity index (χ2v) is 6.79. The Balaban J connectivity index is 2.04. The second-order valence-electron chi connectivity index (χ2n) is 6.79. The van der Waals surface area contributed by atoms with Crippen molar-refractivity contribution >= 4 is 10.9 Å².